The molecule has 0 saturated carbocycles. The number of hydrogen-bond donors (Lipinski definition) is 2. The van der Waals surface area contributed by atoms with Gasteiger partial charge in [-0.3, -0.25) is 4.79 Å². The van der Waals surface area contributed by atoms with Crippen LogP contribution in [0.5, 0.6) is 0 Å². The van der Waals surface area contributed by atoms with Gasteiger partial charge in [0.1, 0.15) is 6.61 Å². The number of amides is 1. The molecular weight excluding hydrogens is 251 g/mol. The molecule has 0 aliphatic rings. The maximum absolute atomic E-state index is 13.4. The van der Waals surface area contributed by atoms with Gasteiger partial charge in [0.15, 0.2) is 11.6 Å². The molecule has 0 unspecified atom stereocenters. The summed E-state index contributed by atoms with van der Waals surface area (Å²) in [7, 11) is 0. The average Bonchev–Trinajstić information content (AvgIpc) is 2.31. The first-order valence-electron chi connectivity index (χ1n) is 5.06. The second kappa shape index (κ2) is 6.80. The van der Waals surface area contributed by atoms with Gasteiger partial charge in [0.05, 0.1) is 12.2 Å². The third-order valence-electron chi connectivity index (χ3n) is 1.94. The summed E-state index contributed by atoms with van der Waals surface area (Å²) in [5, 5.41) is 2.31. The van der Waals surface area contributed by atoms with Crippen LogP contribution in [0.3, 0.4) is 0 Å². The highest BCUT2D eigenvalue weighted by Gasteiger charge is 2.13. The Morgan fingerprint density at radius 1 is 1.56 bits per heavy atom. The molecule has 0 spiro atoms. The van der Waals surface area contributed by atoms with E-state index in [0.717, 1.165) is 0 Å². The van der Waals surface area contributed by atoms with E-state index < -0.39 is 24.8 Å². The summed E-state index contributed by atoms with van der Waals surface area (Å²) in [6, 6.07) is 1.17. The number of carbonyl (C=O) groups is 1. The molecule has 1 aromatic heterocycles. The third-order valence-corrected chi connectivity index (χ3v) is 1.94. The number of nitrogens with two attached hydrogens (primary N) is 1. The predicted molar refractivity (Wildman–Crippen MR) is 57.8 cm³/mol. The zero-order valence-electron chi connectivity index (χ0n) is 9.33. The fourth-order valence-corrected chi connectivity index (χ4v) is 1.14. The maximum Gasteiger partial charge on any atom is 0.261 e. The molecule has 8 heteroatoms. The zero-order chi connectivity index (χ0) is 13.5. The van der Waals surface area contributed by atoms with Crippen molar-refractivity contribution in [2.75, 3.05) is 25.5 Å². The maximum atomic E-state index is 13.4. The number of aromatic nitrogens is 1. The molecule has 0 radical (unpaired) electrons. The molecule has 0 aromatic carbocycles. The molecule has 1 heterocycles. The number of rotatable bonds is 6. The van der Waals surface area contributed by atoms with E-state index in [-0.39, 0.29) is 24.5 Å². The lowest BCUT2D eigenvalue weighted by atomic mass is 10.2. The Bertz CT molecular complexity index is 415. The van der Waals surface area contributed by atoms with Crippen molar-refractivity contribution in [3.63, 3.8) is 0 Å². The minimum absolute atomic E-state index is 0.00673. The van der Waals surface area contributed by atoms with Gasteiger partial charge >= 0.3 is 0 Å². The van der Waals surface area contributed by atoms with Gasteiger partial charge in [0.2, 0.25) is 0 Å². The number of anilines is 1. The lowest BCUT2D eigenvalue weighted by Gasteiger charge is -2.07. The van der Waals surface area contributed by atoms with E-state index >= 15 is 0 Å². The normalized spacial score (nSPS) is 10.7. The smallest absolute Gasteiger partial charge is 0.261 e. The van der Waals surface area contributed by atoms with Crippen LogP contribution in [0.2, 0.25) is 0 Å². The molecule has 0 bridgehead atoms. The van der Waals surface area contributed by atoms with Crippen molar-refractivity contribution >= 4 is 11.7 Å². The summed E-state index contributed by atoms with van der Waals surface area (Å²) in [5.74, 6) is -2.00. The fraction of sp³-hybridized carbons (Fsp3) is 0.400. The molecular formula is C10H12F3N3O2. The summed E-state index contributed by atoms with van der Waals surface area (Å²) < 4.78 is 41.3. The molecule has 0 aliphatic carbocycles. The topological polar surface area (TPSA) is 77.2 Å². The summed E-state index contributed by atoms with van der Waals surface area (Å²) in [6.07, 6.45) is -1.36. The SMILES string of the molecule is Nc1nccc(C(=O)NCCOCC(F)F)c1F. The van der Waals surface area contributed by atoms with Crippen LogP contribution in [-0.4, -0.2) is 37.1 Å². The molecule has 18 heavy (non-hydrogen) atoms. The zero-order valence-corrected chi connectivity index (χ0v) is 9.33. The lowest BCUT2D eigenvalue weighted by Crippen LogP contribution is -2.28. The molecule has 0 aliphatic heterocycles. The number of nitrogens with one attached hydrogen (secondary N) is 1. The second-order valence-electron chi connectivity index (χ2n) is 3.28. The van der Waals surface area contributed by atoms with Gasteiger partial charge in [-0.2, -0.15) is 0 Å². The molecule has 0 atom stereocenters. The van der Waals surface area contributed by atoms with Crippen molar-refractivity contribution in [3.8, 4) is 0 Å². The molecule has 1 amide bonds. The van der Waals surface area contributed by atoms with E-state index in [1.54, 1.807) is 0 Å². The summed E-state index contributed by atoms with van der Waals surface area (Å²) in [6.45, 7) is -0.794. The van der Waals surface area contributed by atoms with E-state index in [4.69, 9.17) is 5.73 Å². The van der Waals surface area contributed by atoms with Crippen molar-refractivity contribution in [2.45, 2.75) is 6.43 Å². The Kier molecular flexibility index (Phi) is 5.37. The highest BCUT2D eigenvalue weighted by atomic mass is 19.3. The number of hydrogen-bond acceptors (Lipinski definition) is 4. The minimum atomic E-state index is -2.56. The van der Waals surface area contributed by atoms with Crippen molar-refractivity contribution in [1.29, 1.82) is 0 Å². The van der Waals surface area contributed by atoms with Gasteiger partial charge in [-0.05, 0) is 6.07 Å². The fourth-order valence-electron chi connectivity index (χ4n) is 1.14. The van der Waals surface area contributed by atoms with Crippen LogP contribution >= 0.6 is 0 Å². The molecule has 0 fully saturated rings. The summed E-state index contributed by atoms with van der Waals surface area (Å²) >= 11 is 0. The van der Waals surface area contributed by atoms with Gasteiger partial charge in [-0.25, -0.2) is 18.2 Å². The second-order valence-corrected chi connectivity index (χ2v) is 3.28. The van der Waals surface area contributed by atoms with Gasteiger partial charge < -0.3 is 15.8 Å². The highest BCUT2D eigenvalue weighted by Crippen LogP contribution is 2.11. The van der Waals surface area contributed by atoms with E-state index in [9.17, 15) is 18.0 Å². The summed E-state index contributed by atoms with van der Waals surface area (Å²) in [4.78, 5) is 14.9. The molecule has 100 valence electrons. The van der Waals surface area contributed by atoms with E-state index in [0.29, 0.717) is 0 Å². The number of nitrogens with zero attached hydrogens (tertiary/aromatic N) is 1. The molecule has 3 N–H and O–H groups in total. The number of halogens is 3. The van der Waals surface area contributed by atoms with E-state index in [2.05, 4.69) is 15.0 Å². The van der Waals surface area contributed by atoms with Crippen LogP contribution in [0.1, 0.15) is 10.4 Å². The Hall–Kier alpha value is -1.83. The Balaban J connectivity index is 2.39. The molecule has 1 rings (SSSR count). The first kappa shape index (κ1) is 14.2. The number of pyridine rings is 1. The Morgan fingerprint density at radius 3 is 2.94 bits per heavy atom. The van der Waals surface area contributed by atoms with Crippen LogP contribution in [0.25, 0.3) is 0 Å². The first-order valence-corrected chi connectivity index (χ1v) is 5.06. The Labute approximate surface area is 101 Å². The van der Waals surface area contributed by atoms with Crippen LogP contribution in [0.15, 0.2) is 12.3 Å². The standard InChI is InChI=1S/C10H12F3N3O2/c11-7(12)5-18-4-3-16-10(17)6-1-2-15-9(14)8(6)13/h1-2,7H,3-5H2,(H2,14,15)(H,16,17). The van der Waals surface area contributed by atoms with Crippen molar-refractivity contribution in [3.05, 3.63) is 23.6 Å². The highest BCUT2D eigenvalue weighted by molar-refractivity contribution is 5.95. The molecule has 5 nitrogen and oxygen atoms in total. The number of carbonyl (C=O) groups excluding carboxylic acids is 1. The van der Waals surface area contributed by atoms with Crippen LogP contribution in [0.4, 0.5) is 19.0 Å². The summed E-state index contributed by atoms with van der Waals surface area (Å²) in [5.41, 5.74) is 4.94. The van der Waals surface area contributed by atoms with Gasteiger partial charge in [-0.15, -0.1) is 0 Å². The lowest BCUT2D eigenvalue weighted by molar-refractivity contribution is 0.0188. The minimum Gasteiger partial charge on any atom is -0.381 e. The van der Waals surface area contributed by atoms with E-state index in [1.807, 2.05) is 0 Å². The van der Waals surface area contributed by atoms with Gasteiger partial charge in [0, 0.05) is 12.7 Å². The number of ether oxygens (including phenoxy) is 1. The van der Waals surface area contributed by atoms with Crippen molar-refractivity contribution in [2.24, 2.45) is 0 Å². The van der Waals surface area contributed by atoms with Crippen LogP contribution < -0.4 is 11.1 Å². The van der Waals surface area contributed by atoms with Gasteiger partial charge in [-0.1, -0.05) is 0 Å². The average molecular weight is 263 g/mol. The Morgan fingerprint density at radius 2 is 2.28 bits per heavy atom. The van der Waals surface area contributed by atoms with E-state index in [1.165, 1.54) is 12.3 Å². The third kappa shape index (κ3) is 4.21. The largest absolute Gasteiger partial charge is 0.381 e. The number of nitrogen functional groups attached to an aromatic ring is 1. The number of alkyl halides is 2. The monoisotopic (exact) mass is 263 g/mol. The predicted octanol–water partition coefficient (Wildman–Crippen LogP) is 0.814. The van der Waals surface area contributed by atoms with Crippen LogP contribution in [-0.2, 0) is 4.74 Å². The molecule has 1 aromatic rings. The quantitative estimate of drug-likeness (QED) is 0.745. The van der Waals surface area contributed by atoms with Crippen molar-refractivity contribution < 1.29 is 22.7 Å². The van der Waals surface area contributed by atoms with Crippen molar-refractivity contribution in [1.82, 2.24) is 10.3 Å². The van der Waals surface area contributed by atoms with Gasteiger partial charge in [0.25, 0.3) is 12.3 Å². The first-order chi connectivity index (χ1) is 8.52. The van der Waals surface area contributed by atoms with Crippen LogP contribution in [0, 0.1) is 5.82 Å². The molecule has 0 saturated heterocycles.